The number of hydrogen-bond acceptors (Lipinski definition) is 6. The number of anilines is 1. The summed E-state index contributed by atoms with van der Waals surface area (Å²) in [6.07, 6.45) is 6.50. The van der Waals surface area contributed by atoms with Crippen molar-refractivity contribution in [1.82, 2.24) is 19.5 Å². The highest BCUT2D eigenvalue weighted by atomic mass is 16.5. The number of carbonyl (C=O) groups excluding carboxylic acids is 1. The molecule has 1 amide bonds. The molecule has 9 nitrogen and oxygen atoms in total. The van der Waals surface area contributed by atoms with E-state index in [2.05, 4.69) is 14.5 Å². The van der Waals surface area contributed by atoms with Crippen LogP contribution in [0.5, 0.6) is 0 Å². The van der Waals surface area contributed by atoms with E-state index >= 15 is 0 Å². The molecule has 1 fully saturated rings. The standard InChI is InChI=1S/C26H31N5O4/c1-15-11-12-27-22(28-15)14-23-29-24-19-8-7-16(2)30(26(34)35-3)20(19)9-10-21(24)31(23)18-6-4-5-17(13-18)25(32)33/h9-12,16-18H,4-8,13-14H2,1-3H3,(H,32,33)/t16-,17+,18+/m0/s1. The summed E-state index contributed by atoms with van der Waals surface area (Å²) in [5.74, 6) is 0.425. The Bertz CT molecular complexity index is 1290. The third-order valence-corrected chi connectivity index (χ3v) is 7.42. The van der Waals surface area contributed by atoms with Gasteiger partial charge in [0.15, 0.2) is 0 Å². The minimum Gasteiger partial charge on any atom is -0.481 e. The Hall–Kier alpha value is -3.49. The number of carbonyl (C=O) groups is 2. The predicted molar refractivity (Wildman–Crippen MR) is 131 cm³/mol. The number of aryl methyl sites for hydroxylation is 2. The Morgan fingerprint density at radius 1 is 1.17 bits per heavy atom. The zero-order chi connectivity index (χ0) is 24.7. The van der Waals surface area contributed by atoms with Gasteiger partial charge < -0.3 is 14.4 Å². The van der Waals surface area contributed by atoms with Crippen molar-refractivity contribution in [2.24, 2.45) is 5.92 Å². The number of aliphatic carboxylic acids is 1. The summed E-state index contributed by atoms with van der Waals surface area (Å²) in [4.78, 5) is 40.2. The number of methoxy groups -OCH3 is 1. The second-order valence-corrected chi connectivity index (χ2v) is 9.70. The molecular formula is C26H31N5O4. The molecule has 3 aromatic rings. The number of carboxylic acids is 1. The number of ether oxygens (including phenoxy) is 1. The van der Waals surface area contributed by atoms with E-state index in [1.165, 1.54) is 7.11 Å². The molecule has 2 aliphatic rings. The van der Waals surface area contributed by atoms with E-state index in [-0.39, 0.29) is 24.1 Å². The summed E-state index contributed by atoms with van der Waals surface area (Å²) in [6.45, 7) is 3.96. The van der Waals surface area contributed by atoms with Gasteiger partial charge in [-0.3, -0.25) is 9.69 Å². The largest absolute Gasteiger partial charge is 0.481 e. The Morgan fingerprint density at radius 3 is 2.74 bits per heavy atom. The molecule has 1 aliphatic carbocycles. The lowest BCUT2D eigenvalue weighted by Gasteiger charge is -2.34. The van der Waals surface area contributed by atoms with Crippen LogP contribution in [0.4, 0.5) is 10.5 Å². The van der Waals surface area contributed by atoms with Gasteiger partial charge in [-0.2, -0.15) is 0 Å². The molecule has 1 saturated carbocycles. The SMILES string of the molecule is COC(=O)N1c2ccc3c(nc(Cc4nccc(C)n4)n3[C@@H]3CCC[C@@H](C(=O)O)C3)c2CC[C@@H]1C. The lowest BCUT2D eigenvalue weighted by Crippen LogP contribution is -2.42. The lowest BCUT2D eigenvalue weighted by molar-refractivity contribution is -0.143. The third kappa shape index (κ3) is 4.24. The molecule has 0 saturated heterocycles. The van der Waals surface area contributed by atoms with E-state index in [1.807, 2.05) is 32.0 Å². The zero-order valence-corrected chi connectivity index (χ0v) is 20.4. The highest BCUT2D eigenvalue weighted by Crippen LogP contribution is 2.40. The summed E-state index contributed by atoms with van der Waals surface area (Å²) in [5, 5.41) is 9.70. The van der Waals surface area contributed by atoms with Crippen LogP contribution < -0.4 is 4.90 Å². The fraction of sp³-hybridized carbons (Fsp3) is 0.500. The molecule has 2 aromatic heterocycles. The van der Waals surface area contributed by atoms with Crippen molar-refractivity contribution >= 4 is 28.8 Å². The van der Waals surface area contributed by atoms with Gasteiger partial charge >= 0.3 is 12.1 Å². The van der Waals surface area contributed by atoms with Crippen molar-refractivity contribution in [3.63, 3.8) is 0 Å². The van der Waals surface area contributed by atoms with Gasteiger partial charge in [0.25, 0.3) is 0 Å². The summed E-state index contributed by atoms with van der Waals surface area (Å²) in [6, 6.07) is 5.92. The van der Waals surface area contributed by atoms with E-state index in [0.717, 1.165) is 59.5 Å². The molecule has 5 rings (SSSR count). The Kier molecular flexibility index (Phi) is 6.17. The maximum Gasteiger partial charge on any atom is 0.414 e. The van der Waals surface area contributed by atoms with Gasteiger partial charge in [0.05, 0.1) is 36.2 Å². The van der Waals surface area contributed by atoms with Crippen LogP contribution in [0.1, 0.15) is 68.0 Å². The zero-order valence-electron chi connectivity index (χ0n) is 20.4. The Balaban J connectivity index is 1.66. The number of imidazole rings is 1. The summed E-state index contributed by atoms with van der Waals surface area (Å²) >= 11 is 0. The average molecular weight is 478 g/mol. The first kappa shape index (κ1) is 23.3. The van der Waals surface area contributed by atoms with Crippen molar-refractivity contribution in [1.29, 1.82) is 0 Å². The second-order valence-electron chi connectivity index (χ2n) is 9.70. The fourth-order valence-electron chi connectivity index (χ4n) is 5.71. The monoisotopic (exact) mass is 477 g/mol. The number of aromatic nitrogens is 4. The molecule has 1 N–H and O–H groups in total. The molecule has 9 heteroatoms. The number of amides is 1. The van der Waals surface area contributed by atoms with E-state index in [0.29, 0.717) is 25.1 Å². The highest BCUT2D eigenvalue weighted by molar-refractivity contribution is 5.95. The summed E-state index contributed by atoms with van der Waals surface area (Å²) < 4.78 is 7.29. The van der Waals surface area contributed by atoms with Crippen LogP contribution in [0.15, 0.2) is 24.4 Å². The molecule has 1 aliphatic heterocycles. The lowest BCUT2D eigenvalue weighted by atomic mass is 9.85. The van der Waals surface area contributed by atoms with E-state index in [9.17, 15) is 14.7 Å². The number of carboxylic acid groups (broad SMARTS) is 1. The first-order chi connectivity index (χ1) is 16.9. The Morgan fingerprint density at radius 2 is 2.00 bits per heavy atom. The molecule has 0 radical (unpaired) electrons. The normalized spacial score (nSPS) is 22.1. The fourth-order valence-corrected chi connectivity index (χ4v) is 5.71. The number of rotatable bonds is 4. The molecule has 184 valence electrons. The topological polar surface area (TPSA) is 110 Å². The Labute approximate surface area is 204 Å². The maximum absolute atomic E-state index is 12.6. The van der Waals surface area contributed by atoms with Crippen molar-refractivity contribution in [3.05, 3.63) is 47.3 Å². The van der Waals surface area contributed by atoms with E-state index < -0.39 is 5.97 Å². The molecule has 3 heterocycles. The average Bonchev–Trinajstić information content (AvgIpc) is 3.21. The van der Waals surface area contributed by atoms with Crippen LogP contribution in [0.3, 0.4) is 0 Å². The van der Waals surface area contributed by atoms with Crippen LogP contribution >= 0.6 is 0 Å². The smallest absolute Gasteiger partial charge is 0.414 e. The van der Waals surface area contributed by atoms with Crippen LogP contribution in [-0.2, 0) is 22.4 Å². The quantitative estimate of drug-likeness (QED) is 0.591. The van der Waals surface area contributed by atoms with Crippen molar-refractivity contribution in [2.75, 3.05) is 12.0 Å². The molecule has 0 bridgehead atoms. The van der Waals surface area contributed by atoms with Gasteiger partial charge in [-0.15, -0.1) is 0 Å². The summed E-state index contributed by atoms with van der Waals surface area (Å²) in [7, 11) is 1.40. The minimum atomic E-state index is -0.734. The maximum atomic E-state index is 12.6. The van der Waals surface area contributed by atoms with Crippen LogP contribution in [0, 0.1) is 12.8 Å². The van der Waals surface area contributed by atoms with Gasteiger partial charge in [-0.05, 0) is 64.2 Å². The molecule has 0 unspecified atom stereocenters. The van der Waals surface area contributed by atoms with Crippen LogP contribution in [-0.4, -0.2) is 49.8 Å². The van der Waals surface area contributed by atoms with Crippen molar-refractivity contribution < 1.29 is 19.4 Å². The second kappa shape index (κ2) is 9.28. The van der Waals surface area contributed by atoms with E-state index in [1.54, 1.807) is 11.1 Å². The minimum absolute atomic E-state index is 0.0318. The first-order valence-corrected chi connectivity index (χ1v) is 12.3. The number of fused-ring (bicyclic) bond motifs is 3. The molecule has 1 aromatic carbocycles. The van der Waals surface area contributed by atoms with Crippen molar-refractivity contribution in [3.8, 4) is 0 Å². The number of hydrogen-bond donors (Lipinski definition) is 1. The first-order valence-electron chi connectivity index (χ1n) is 12.3. The van der Waals surface area contributed by atoms with Crippen LogP contribution in [0.2, 0.25) is 0 Å². The summed E-state index contributed by atoms with van der Waals surface area (Å²) in [5.41, 5.74) is 4.59. The van der Waals surface area contributed by atoms with Gasteiger partial charge in [-0.1, -0.05) is 6.42 Å². The third-order valence-electron chi connectivity index (χ3n) is 7.42. The van der Waals surface area contributed by atoms with Gasteiger partial charge in [-0.25, -0.2) is 19.7 Å². The van der Waals surface area contributed by atoms with Crippen molar-refractivity contribution in [2.45, 2.75) is 70.9 Å². The van der Waals surface area contributed by atoms with Crippen LogP contribution in [0.25, 0.3) is 11.0 Å². The molecule has 3 atom stereocenters. The predicted octanol–water partition coefficient (Wildman–Crippen LogP) is 4.45. The molecule has 0 spiro atoms. The number of nitrogens with zero attached hydrogens (tertiary/aromatic N) is 5. The van der Waals surface area contributed by atoms with Gasteiger partial charge in [0.1, 0.15) is 11.6 Å². The van der Waals surface area contributed by atoms with E-state index in [4.69, 9.17) is 9.72 Å². The molecule has 35 heavy (non-hydrogen) atoms. The number of benzene rings is 1. The van der Waals surface area contributed by atoms with Gasteiger partial charge in [0, 0.05) is 29.5 Å². The highest BCUT2D eigenvalue weighted by Gasteiger charge is 2.34. The molecular weight excluding hydrogens is 446 g/mol. The van der Waals surface area contributed by atoms with Gasteiger partial charge in [0.2, 0.25) is 0 Å².